The lowest BCUT2D eigenvalue weighted by Crippen LogP contribution is -2.42. The lowest BCUT2D eigenvalue weighted by Gasteiger charge is -2.32. The number of benzene rings is 2. The third kappa shape index (κ3) is 6.09. The molecule has 0 atom stereocenters. The van der Waals surface area contributed by atoms with Gasteiger partial charge in [-0.2, -0.15) is 13.2 Å². The number of nitrogens with zero attached hydrogens (tertiary/aromatic N) is 2. The molecule has 2 aromatic carbocycles. The largest absolute Gasteiger partial charge is 0.416 e. The summed E-state index contributed by atoms with van der Waals surface area (Å²) < 4.78 is 38.4. The Labute approximate surface area is 201 Å². The molecule has 0 spiro atoms. The van der Waals surface area contributed by atoms with Crippen molar-refractivity contribution in [3.63, 3.8) is 0 Å². The van der Waals surface area contributed by atoms with Gasteiger partial charge >= 0.3 is 6.18 Å². The average molecular weight is 497 g/mol. The minimum atomic E-state index is -4.34. The summed E-state index contributed by atoms with van der Waals surface area (Å²) in [5.41, 5.74) is 2.86. The van der Waals surface area contributed by atoms with Gasteiger partial charge in [-0.05, 0) is 49.6 Å². The van der Waals surface area contributed by atoms with E-state index >= 15 is 0 Å². The van der Waals surface area contributed by atoms with Crippen molar-refractivity contribution in [2.24, 2.45) is 0 Å². The highest BCUT2D eigenvalue weighted by Gasteiger charge is 2.30. The summed E-state index contributed by atoms with van der Waals surface area (Å²) in [6.07, 6.45) is -2.31. The summed E-state index contributed by atoms with van der Waals surface area (Å²) in [7, 11) is 0. The molecule has 1 fully saturated rings. The number of piperidine rings is 1. The maximum atomic E-state index is 12.8. The van der Waals surface area contributed by atoms with Crippen molar-refractivity contribution in [1.29, 1.82) is 0 Å². The van der Waals surface area contributed by atoms with Gasteiger partial charge in [-0.3, -0.25) is 4.90 Å². The molecule has 4 nitrogen and oxygen atoms in total. The SMILES string of the molecule is Cc1[nH]c(-c2ccc(C(F)(F)F)cc2)nc1CN1CCC(NCc2ccc(Cl)cc2Cl)CC1. The second-order valence-electron chi connectivity index (χ2n) is 8.40. The van der Waals surface area contributed by atoms with Crippen LogP contribution in [0.2, 0.25) is 10.0 Å². The summed E-state index contributed by atoms with van der Waals surface area (Å²) >= 11 is 12.2. The molecular weight excluding hydrogens is 472 g/mol. The molecule has 0 saturated carbocycles. The van der Waals surface area contributed by atoms with Crippen molar-refractivity contribution >= 4 is 23.2 Å². The highest BCUT2D eigenvalue weighted by atomic mass is 35.5. The fourth-order valence-corrected chi connectivity index (χ4v) is 4.51. The topological polar surface area (TPSA) is 44.0 Å². The number of alkyl halides is 3. The molecule has 4 rings (SSSR count). The molecule has 9 heteroatoms. The van der Waals surface area contributed by atoms with Crippen LogP contribution in [0.15, 0.2) is 42.5 Å². The molecule has 0 amide bonds. The van der Waals surface area contributed by atoms with Gasteiger partial charge < -0.3 is 10.3 Å². The normalized spacial score (nSPS) is 15.8. The van der Waals surface area contributed by atoms with Crippen LogP contribution in [0.3, 0.4) is 0 Å². The third-order valence-corrected chi connectivity index (χ3v) is 6.62. The second kappa shape index (κ2) is 10.1. The van der Waals surface area contributed by atoms with Gasteiger partial charge in [-0.1, -0.05) is 41.4 Å². The molecular formula is C24H25Cl2F3N4. The summed E-state index contributed by atoms with van der Waals surface area (Å²) in [4.78, 5) is 10.2. The van der Waals surface area contributed by atoms with Gasteiger partial charge in [0.15, 0.2) is 0 Å². The Morgan fingerprint density at radius 3 is 2.42 bits per heavy atom. The number of hydrogen-bond donors (Lipinski definition) is 2. The zero-order valence-corrected chi connectivity index (χ0v) is 19.7. The van der Waals surface area contributed by atoms with Gasteiger partial charge in [0.1, 0.15) is 5.82 Å². The monoisotopic (exact) mass is 496 g/mol. The van der Waals surface area contributed by atoms with Crippen molar-refractivity contribution in [2.75, 3.05) is 13.1 Å². The van der Waals surface area contributed by atoms with Crippen LogP contribution in [0.1, 0.15) is 35.4 Å². The number of aryl methyl sites for hydroxylation is 1. The number of imidazole rings is 1. The van der Waals surface area contributed by atoms with E-state index in [0.29, 0.717) is 40.6 Å². The van der Waals surface area contributed by atoms with Crippen LogP contribution in [0.25, 0.3) is 11.4 Å². The van der Waals surface area contributed by atoms with Gasteiger partial charge in [-0.25, -0.2) is 4.98 Å². The van der Waals surface area contributed by atoms with Gasteiger partial charge in [0.25, 0.3) is 0 Å². The van der Waals surface area contributed by atoms with Crippen molar-refractivity contribution in [3.8, 4) is 11.4 Å². The highest BCUT2D eigenvalue weighted by Crippen LogP contribution is 2.31. The standard InChI is InChI=1S/C24H25Cl2F3N4/c1-15-22(32-23(31-15)16-2-5-18(6-3-16)24(27,28)29)14-33-10-8-20(9-11-33)30-13-17-4-7-19(25)12-21(17)26/h2-7,12,20,30H,8-11,13-14H2,1H3,(H,31,32). The summed E-state index contributed by atoms with van der Waals surface area (Å²) in [6.45, 7) is 5.23. The maximum Gasteiger partial charge on any atom is 0.416 e. The predicted molar refractivity (Wildman–Crippen MR) is 125 cm³/mol. The predicted octanol–water partition coefficient (Wildman–Crippen LogP) is 6.46. The van der Waals surface area contributed by atoms with Crippen LogP contribution in [-0.2, 0) is 19.3 Å². The number of aromatic amines is 1. The Bertz CT molecular complexity index is 1090. The molecule has 33 heavy (non-hydrogen) atoms. The zero-order chi connectivity index (χ0) is 23.6. The summed E-state index contributed by atoms with van der Waals surface area (Å²) in [5.74, 6) is 0.590. The first-order valence-electron chi connectivity index (χ1n) is 10.8. The zero-order valence-electron chi connectivity index (χ0n) is 18.1. The molecule has 0 aliphatic carbocycles. The van der Waals surface area contributed by atoms with E-state index in [1.165, 1.54) is 12.1 Å². The first-order chi connectivity index (χ1) is 15.7. The van der Waals surface area contributed by atoms with Crippen LogP contribution in [0.5, 0.6) is 0 Å². The van der Waals surface area contributed by atoms with Crippen LogP contribution in [0, 0.1) is 6.92 Å². The fourth-order valence-electron chi connectivity index (χ4n) is 4.03. The quantitative estimate of drug-likeness (QED) is 0.411. The molecule has 2 heterocycles. The summed E-state index contributed by atoms with van der Waals surface area (Å²) in [6, 6.07) is 11.0. The number of rotatable bonds is 6. The van der Waals surface area contributed by atoms with E-state index in [0.717, 1.165) is 55.0 Å². The average Bonchev–Trinajstić information content (AvgIpc) is 3.14. The number of nitrogens with one attached hydrogen (secondary N) is 2. The lowest BCUT2D eigenvalue weighted by molar-refractivity contribution is -0.137. The number of H-pyrrole nitrogens is 1. The van der Waals surface area contributed by atoms with Crippen LogP contribution < -0.4 is 5.32 Å². The number of likely N-dealkylation sites (tertiary alicyclic amines) is 1. The Kier molecular flexibility index (Phi) is 7.34. The Hall–Kier alpha value is -2.06. The first kappa shape index (κ1) is 24.1. The Morgan fingerprint density at radius 2 is 1.79 bits per heavy atom. The molecule has 0 radical (unpaired) electrons. The maximum absolute atomic E-state index is 12.8. The fraction of sp³-hybridized carbons (Fsp3) is 0.375. The Balaban J connectivity index is 1.30. The van der Waals surface area contributed by atoms with E-state index < -0.39 is 11.7 Å². The number of halogens is 5. The minimum Gasteiger partial charge on any atom is -0.342 e. The number of hydrogen-bond acceptors (Lipinski definition) is 3. The van der Waals surface area contributed by atoms with Crippen LogP contribution in [0.4, 0.5) is 13.2 Å². The first-order valence-corrected chi connectivity index (χ1v) is 11.6. The molecule has 0 bridgehead atoms. The van der Waals surface area contributed by atoms with Crippen molar-refractivity contribution in [2.45, 2.75) is 45.1 Å². The van der Waals surface area contributed by atoms with Crippen LogP contribution >= 0.6 is 23.2 Å². The van der Waals surface area contributed by atoms with E-state index in [1.807, 2.05) is 19.1 Å². The van der Waals surface area contributed by atoms with Gasteiger partial charge in [0.2, 0.25) is 0 Å². The van der Waals surface area contributed by atoms with Gasteiger partial charge in [0, 0.05) is 53.5 Å². The molecule has 176 valence electrons. The molecule has 2 N–H and O–H groups in total. The molecule has 3 aromatic rings. The van der Waals surface area contributed by atoms with Crippen LogP contribution in [-0.4, -0.2) is 34.0 Å². The van der Waals surface area contributed by atoms with E-state index in [-0.39, 0.29) is 0 Å². The molecule has 1 aliphatic rings. The summed E-state index contributed by atoms with van der Waals surface area (Å²) in [5, 5.41) is 4.88. The molecule has 1 aliphatic heterocycles. The van der Waals surface area contributed by atoms with Gasteiger partial charge in [0.05, 0.1) is 11.3 Å². The van der Waals surface area contributed by atoms with Gasteiger partial charge in [-0.15, -0.1) is 0 Å². The lowest BCUT2D eigenvalue weighted by atomic mass is 10.0. The van der Waals surface area contributed by atoms with E-state index in [9.17, 15) is 13.2 Å². The molecule has 0 unspecified atom stereocenters. The smallest absolute Gasteiger partial charge is 0.342 e. The van der Waals surface area contributed by atoms with E-state index in [4.69, 9.17) is 23.2 Å². The third-order valence-electron chi connectivity index (χ3n) is 6.03. The van der Waals surface area contributed by atoms with E-state index in [2.05, 4.69) is 20.2 Å². The molecule has 1 aromatic heterocycles. The van der Waals surface area contributed by atoms with Crippen molar-refractivity contribution < 1.29 is 13.2 Å². The number of aromatic nitrogens is 2. The van der Waals surface area contributed by atoms with E-state index in [1.54, 1.807) is 6.07 Å². The second-order valence-corrected chi connectivity index (χ2v) is 9.24. The van der Waals surface area contributed by atoms with Crippen molar-refractivity contribution in [1.82, 2.24) is 20.2 Å². The highest BCUT2D eigenvalue weighted by molar-refractivity contribution is 6.35. The molecule has 1 saturated heterocycles. The van der Waals surface area contributed by atoms with Crippen molar-refractivity contribution in [3.05, 3.63) is 75.0 Å². The Morgan fingerprint density at radius 1 is 1.09 bits per heavy atom. The minimum absolute atomic E-state index is 0.413.